The quantitative estimate of drug-likeness (QED) is 0.0469. The molecule has 3 saturated heterocycles. The van der Waals surface area contributed by atoms with Crippen LogP contribution in [-0.2, 0) is 48.2 Å². The second kappa shape index (κ2) is 28.3. The van der Waals surface area contributed by atoms with Crippen molar-refractivity contribution in [1.29, 1.82) is 0 Å². The summed E-state index contributed by atoms with van der Waals surface area (Å²) in [5, 5.41) is 7.21. The highest BCUT2D eigenvalue weighted by Crippen LogP contribution is 2.45. The molecule has 97 heavy (non-hydrogen) atoms. The van der Waals surface area contributed by atoms with Crippen molar-refractivity contribution in [3.05, 3.63) is 306 Å². The Kier molecular flexibility index (Phi) is 18.6. The highest BCUT2D eigenvalue weighted by molar-refractivity contribution is 5.92. The Hall–Kier alpha value is -9.42. The maximum absolute atomic E-state index is 6.48. The SMILES string of the molecule is CCC1(COCc2ccc(N(c3ccc(N(c4ccc(C(c5cccc(COCC6(CC)COC6)c5)c5cccc6ccccc56)cc4)c4ccc(N(c5cccc(COCC6(CC)COC6)c5)c5ccc6ccccc6c5)cc4)cc3)c3ccc4ccccc4c3)cc2)COC1. The first-order valence-electron chi connectivity index (χ1n) is 34.6. The molecule has 0 aliphatic carbocycles. The summed E-state index contributed by atoms with van der Waals surface area (Å²) < 4.78 is 36.2. The molecule has 9 heteroatoms. The van der Waals surface area contributed by atoms with E-state index in [2.05, 4.69) is 308 Å². The molecule has 3 heterocycles. The Morgan fingerprint density at radius 2 is 0.660 bits per heavy atom. The van der Waals surface area contributed by atoms with Gasteiger partial charge in [0.1, 0.15) is 0 Å². The largest absolute Gasteiger partial charge is 0.380 e. The minimum absolute atomic E-state index is 0.0658. The lowest BCUT2D eigenvalue weighted by Gasteiger charge is -2.40. The van der Waals surface area contributed by atoms with Crippen molar-refractivity contribution >= 4 is 83.5 Å². The monoisotopic (exact) mass is 1280 g/mol. The molecule has 1 unspecified atom stereocenters. The van der Waals surface area contributed by atoms with E-state index in [9.17, 15) is 0 Å². The fourth-order valence-electron chi connectivity index (χ4n) is 14.2. The highest BCUT2D eigenvalue weighted by atomic mass is 16.5. The van der Waals surface area contributed by atoms with Crippen LogP contribution in [0.1, 0.15) is 79.3 Å². The molecule has 12 aromatic carbocycles. The van der Waals surface area contributed by atoms with Gasteiger partial charge in [-0.3, -0.25) is 0 Å². The second-order valence-electron chi connectivity index (χ2n) is 27.3. The van der Waals surface area contributed by atoms with Gasteiger partial charge in [-0.2, -0.15) is 0 Å². The number of benzene rings is 12. The lowest BCUT2D eigenvalue weighted by atomic mass is 9.82. The number of fused-ring (bicyclic) bond motifs is 3. The fraction of sp³-hybridized carbons (Fsp3) is 0.250. The molecule has 0 bridgehead atoms. The maximum atomic E-state index is 6.48. The number of rotatable bonds is 27. The number of anilines is 9. The molecule has 0 aromatic heterocycles. The summed E-state index contributed by atoms with van der Waals surface area (Å²) in [7, 11) is 0. The minimum Gasteiger partial charge on any atom is -0.380 e. The Bertz CT molecular complexity index is 4630. The smallest absolute Gasteiger partial charge is 0.0717 e. The van der Waals surface area contributed by atoms with E-state index in [-0.39, 0.29) is 22.2 Å². The Balaban J connectivity index is 0.808. The van der Waals surface area contributed by atoms with Crippen LogP contribution >= 0.6 is 0 Å². The topological polar surface area (TPSA) is 65.1 Å². The normalized spacial score (nSPS) is 15.5. The van der Waals surface area contributed by atoms with Gasteiger partial charge in [0, 0.05) is 73.3 Å². The lowest BCUT2D eigenvalue weighted by molar-refractivity contribution is -0.152. The van der Waals surface area contributed by atoms with Crippen LogP contribution in [0.5, 0.6) is 0 Å². The van der Waals surface area contributed by atoms with Crippen LogP contribution in [0.2, 0.25) is 0 Å². The molecule has 0 spiro atoms. The first kappa shape index (κ1) is 63.6. The number of hydrogen-bond donors (Lipinski definition) is 0. The van der Waals surface area contributed by atoms with E-state index < -0.39 is 0 Å². The summed E-state index contributed by atoms with van der Waals surface area (Å²) in [4.78, 5) is 7.12. The molecular formula is C88H85N3O6. The summed E-state index contributed by atoms with van der Waals surface area (Å²) in [6, 6.07) is 100. The number of hydrogen-bond acceptors (Lipinski definition) is 9. The van der Waals surface area contributed by atoms with Gasteiger partial charge in [0.15, 0.2) is 0 Å². The molecule has 488 valence electrons. The standard InChI is InChI=1S/C88H85N3O6/c1-4-86(58-95-59-86)55-92-52-64-28-34-74(35-29-64)90(81-38-30-67-18-7-9-21-71(67)50-81)78-44-40-76(41-45-78)89(75-36-32-70(33-37-75)85(84-27-15-23-69-20-11-12-26-83(69)84)73-24-13-16-65(48-73)53-93-56-87(5-2)60-96-61-87)77-42-46-79(47-43-77)91(82-39-31-68-19-8-10-22-72(68)51-82)80-25-14-17-66(49-80)54-94-57-88(6-3)62-97-63-88/h7-51,85H,4-6,52-63H2,1-3H3. The third kappa shape index (κ3) is 13.6. The van der Waals surface area contributed by atoms with Crippen LogP contribution in [0.25, 0.3) is 32.3 Å². The molecule has 0 N–H and O–H groups in total. The van der Waals surface area contributed by atoms with Crippen LogP contribution in [-0.4, -0.2) is 59.5 Å². The molecule has 15 rings (SSSR count). The van der Waals surface area contributed by atoms with Crippen molar-refractivity contribution < 1.29 is 28.4 Å². The molecule has 3 fully saturated rings. The molecule has 0 radical (unpaired) electrons. The van der Waals surface area contributed by atoms with Gasteiger partial charge in [-0.25, -0.2) is 0 Å². The van der Waals surface area contributed by atoms with Crippen LogP contribution in [0.4, 0.5) is 51.2 Å². The van der Waals surface area contributed by atoms with Crippen molar-refractivity contribution in [3.63, 3.8) is 0 Å². The summed E-state index contributed by atoms with van der Waals surface area (Å²) >= 11 is 0. The summed E-state index contributed by atoms with van der Waals surface area (Å²) in [5.41, 5.74) is 16.8. The molecule has 0 amide bonds. The zero-order valence-electron chi connectivity index (χ0n) is 56.0. The van der Waals surface area contributed by atoms with Gasteiger partial charge >= 0.3 is 0 Å². The van der Waals surface area contributed by atoms with Crippen LogP contribution in [0, 0.1) is 16.2 Å². The lowest BCUT2D eigenvalue weighted by Crippen LogP contribution is -2.45. The van der Waals surface area contributed by atoms with Gasteiger partial charge in [0.05, 0.1) is 79.3 Å². The van der Waals surface area contributed by atoms with E-state index in [0.717, 1.165) is 127 Å². The van der Waals surface area contributed by atoms with Crippen molar-refractivity contribution in [2.75, 3.05) is 74.2 Å². The van der Waals surface area contributed by atoms with Crippen molar-refractivity contribution in [2.45, 2.75) is 65.8 Å². The Morgan fingerprint density at radius 1 is 0.299 bits per heavy atom. The van der Waals surface area contributed by atoms with E-state index >= 15 is 0 Å². The van der Waals surface area contributed by atoms with Crippen molar-refractivity contribution in [2.24, 2.45) is 16.2 Å². The first-order valence-corrected chi connectivity index (χ1v) is 34.6. The van der Waals surface area contributed by atoms with E-state index in [1.807, 2.05) is 0 Å². The number of ether oxygens (including phenoxy) is 6. The average molecular weight is 1280 g/mol. The van der Waals surface area contributed by atoms with Gasteiger partial charge in [-0.1, -0.05) is 185 Å². The van der Waals surface area contributed by atoms with Crippen molar-refractivity contribution in [1.82, 2.24) is 0 Å². The van der Waals surface area contributed by atoms with Gasteiger partial charge in [0.2, 0.25) is 0 Å². The predicted molar refractivity (Wildman–Crippen MR) is 396 cm³/mol. The van der Waals surface area contributed by atoms with Gasteiger partial charge < -0.3 is 43.1 Å². The van der Waals surface area contributed by atoms with E-state index in [0.29, 0.717) is 39.6 Å². The third-order valence-corrected chi connectivity index (χ3v) is 20.7. The Morgan fingerprint density at radius 3 is 1.13 bits per heavy atom. The van der Waals surface area contributed by atoms with E-state index in [4.69, 9.17) is 28.4 Å². The molecule has 0 saturated carbocycles. The zero-order valence-corrected chi connectivity index (χ0v) is 56.0. The van der Waals surface area contributed by atoms with Gasteiger partial charge in [0.25, 0.3) is 0 Å². The van der Waals surface area contributed by atoms with Gasteiger partial charge in [-0.05, 0) is 194 Å². The molecule has 1 atom stereocenters. The minimum atomic E-state index is -0.0658. The van der Waals surface area contributed by atoms with Crippen LogP contribution in [0.3, 0.4) is 0 Å². The van der Waals surface area contributed by atoms with E-state index in [1.165, 1.54) is 49.0 Å². The maximum Gasteiger partial charge on any atom is 0.0717 e. The van der Waals surface area contributed by atoms with E-state index in [1.54, 1.807) is 0 Å². The third-order valence-electron chi connectivity index (χ3n) is 20.7. The van der Waals surface area contributed by atoms with Crippen LogP contribution < -0.4 is 14.7 Å². The fourth-order valence-corrected chi connectivity index (χ4v) is 14.2. The first-order chi connectivity index (χ1) is 47.8. The van der Waals surface area contributed by atoms with Gasteiger partial charge in [-0.15, -0.1) is 0 Å². The van der Waals surface area contributed by atoms with Crippen LogP contribution in [0.15, 0.2) is 273 Å². The molecule has 9 nitrogen and oxygen atoms in total. The zero-order chi connectivity index (χ0) is 65.6. The molecule has 3 aliphatic rings. The second-order valence-corrected chi connectivity index (χ2v) is 27.3. The summed E-state index contributed by atoms with van der Waals surface area (Å²) in [6.45, 7) is 14.9. The average Bonchev–Trinajstić information content (AvgIpc) is 1.42. The summed E-state index contributed by atoms with van der Waals surface area (Å²) in [6.07, 6.45) is 3.13. The molecule has 12 aromatic rings. The molecular weight excluding hydrogens is 1190 g/mol. The highest BCUT2D eigenvalue weighted by Gasteiger charge is 2.39. The predicted octanol–water partition coefficient (Wildman–Crippen LogP) is 21.6. The Labute approximate surface area is 571 Å². The molecule has 3 aliphatic heterocycles. The van der Waals surface area contributed by atoms with Crippen molar-refractivity contribution in [3.8, 4) is 0 Å². The summed E-state index contributed by atoms with van der Waals surface area (Å²) in [5.74, 6) is -0.0658. The number of nitrogens with zero attached hydrogens (tertiary/aromatic N) is 3.